The molecule has 1 N–H and O–H groups in total. The number of nitrogens with one attached hydrogen (secondary N) is 1. The number of aromatic nitrogens is 2. The van der Waals surface area contributed by atoms with Crippen LogP contribution in [0.3, 0.4) is 0 Å². The van der Waals surface area contributed by atoms with Crippen molar-refractivity contribution in [3.63, 3.8) is 0 Å². The number of benzene rings is 3. The lowest BCUT2D eigenvalue weighted by Crippen LogP contribution is -2.20. The van der Waals surface area contributed by atoms with Crippen LogP contribution < -0.4 is 5.43 Å². The van der Waals surface area contributed by atoms with Gasteiger partial charge in [0, 0.05) is 5.02 Å². The lowest BCUT2D eigenvalue weighted by atomic mass is 10.2. The van der Waals surface area contributed by atoms with Gasteiger partial charge in [-0.05, 0) is 36.2 Å². The summed E-state index contributed by atoms with van der Waals surface area (Å²) in [6.07, 6.45) is 1.64. The number of hydrazone groups is 1. The first-order valence-corrected chi connectivity index (χ1v) is 11.2. The van der Waals surface area contributed by atoms with E-state index in [2.05, 4.69) is 15.1 Å². The van der Waals surface area contributed by atoms with Crippen LogP contribution in [0.15, 0.2) is 83.1 Å². The summed E-state index contributed by atoms with van der Waals surface area (Å²) in [7, 11) is 0. The maximum Gasteiger partial charge on any atom is 0.250 e. The number of para-hydroxylation sites is 2. The average molecular weight is 449 g/mol. The Morgan fingerprint density at radius 3 is 2.77 bits per heavy atom. The Morgan fingerprint density at radius 1 is 1.13 bits per heavy atom. The van der Waals surface area contributed by atoms with Gasteiger partial charge in [-0.15, -0.1) is 0 Å². The summed E-state index contributed by atoms with van der Waals surface area (Å²) in [5, 5.41) is 5.53. The summed E-state index contributed by atoms with van der Waals surface area (Å²) in [5.41, 5.74) is 7.55. The van der Waals surface area contributed by atoms with Crippen LogP contribution in [0.2, 0.25) is 5.02 Å². The molecule has 0 saturated carbocycles. The van der Waals surface area contributed by atoms with Gasteiger partial charge in [-0.3, -0.25) is 4.79 Å². The second kappa shape index (κ2) is 9.81. The number of fused-ring (bicyclic) bond motifs is 1. The molecule has 31 heavy (non-hydrogen) atoms. The van der Waals surface area contributed by atoms with E-state index in [4.69, 9.17) is 16.6 Å². The molecule has 156 valence electrons. The first-order chi connectivity index (χ1) is 15.1. The Morgan fingerprint density at radius 2 is 1.94 bits per heavy atom. The Bertz CT molecular complexity index is 1250. The van der Waals surface area contributed by atoms with E-state index in [9.17, 15) is 4.79 Å². The van der Waals surface area contributed by atoms with Crippen LogP contribution in [0.4, 0.5) is 0 Å². The molecule has 0 fully saturated rings. The third-order valence-corrected chi connectivity index (χ3v) is 6.03. The van der Waals surface area contributed by atoms with Crippen molar-refractivity contribution in [2.24, 2.45) is 5.10 Å². The summed E-state index contributed by atoms with van der Waals surface area (Å²) in [6, 6.07) is 23.6. The van der Waals surface area contributed by atoms with Crippen LogP contribution in [0.1, 0.15) is 16.7 Å². The van der Waals surface area contributed by atoms with E-state index in [0.29, 0.717) is 11.6 Å². The molecule has 0 spiro atoms. The molecular weight excluding hydrogens is 428 g/mol. The molecule has 1 aromatic heterocycles. The van der Waals surface area contributed by atoms with Crippen LogP contribution >= 0.6 is 23.4 Å². The molecule has 0 bridgehead atoms. The molecule has 1 amide bonds. The normalized spacial score (nSPS) is 11.3. The van der Waals surface area contributed by atoms with Gasteiger partial charge < -0.3 is 4.57 Å². The van der Waals surface area contributed by atoms with Gasteiger partial charge in [0.25, 0.3) is 5.91 Å². The monoisotopic (exact) mass is 448 g/mol. The van der Waals surface area contributed by atoms with Gasteiger partial charge in [0.2, 0.25) is 0 Å². The first kappa shape index (κ1) is 21.2. The molecule has 3 aromatic carbocycles. The van der Waals surface area contributed by atoms with Gasteiger partial charge in [0.1, 0.15) is 0 Å². The fraction of sp³-hybridized carbons (Fsp3) is 0.125. The number of amides is 1. The van der Waals surface area contributed by atoms with E-state index >= 15 is 0 Å². The highest BCUT2D eigenvalue weighted by Crippen LogP contribution is 2.27. The molecule has 0 radical (unpaired) electrons. The number of imidazole rings is 1. The highest BCUT2D eigenvalue weighted by molar-refractivity contribution is 7.99. The highest BCUT2D eigenvalue weighted by Gasteiger charge is 2.14. The molecule has 0 aliphatic carbocycles. The molecule has 0 aliphatic rings. The molecule has 0 atom stereocenters. The number of hydrogen-bond acceptors (Lipinski definition) is 4. The van der Waals surface area contributed by atoms with Crippen molar-refractivity contribution in [3.8, 4) is 0 Å². The minimum Gasteiger partial charge on any atom is -0.314 e. The predicted octanol–water partition coefficient (Wildman–Crippen LogP) is 5.29. The number of thioether (sulfide) groups is 1. The van der Waals surface area contributed by atoms with Crippen molar-refractivity contribution in [2.45, 2.75) is 18.6 Å². The van der Waals surface area contributed by atoms with Crippen LogP contribution in [0, 0.1) is 6.92 Å². The largest absolute Gasteiger partial charge is 0.314 e. The molecule has 1 heterocycles. The molecular formula is C24H21ClN4OS. The minimum absolute atomic E-state index is 0.190. The second-order valence-electron chi connectivity index (χ2n) is 7.06. The van der Waals surface area contributed by atoms with Crippen LogP contribution in [0.25, 0.3) is 11.0 Å². The van der Waals surface area contributed by atoms with E-state index < -0.39 is 0 Å². The van der Waals surface area contributed by atoms with E-state index in [-0.39, 0.29) is 11.7 Å². The van der Waals surface area contributed by atoms with Crippen molar-refractivity contribution >= 4 is 46.5 Å². The summed E-state index contributed by atoms with van der Waals surface area (Å²) >= 11 is 7.75. The average Bonchev–Trinajstić information content (AvgIpc) is 3.11. The first-order valence-electron chi connectivity index (χ1n) is 9.80. The number of hydrogen-bond donors (Lipinski definition) is 1. The lowest BCUT2D eigenvalue weighted by Gasteiger charge is -2.10. The summed E-state index contributed by atoms with van der Waals surface area (Å²) in [6.45, 7) is 2.59. The Kier molecular flexibility index (Phi) is 6.70. The fourth-order valence-electron chi connectivity index (χ4n) is 3.20. The highest BCUT2D eigenvalue weighted by atomic mass is 35.5. The summed E-state index contributed by atoms with van der Waals surface area (Å²) in [5.74, 6) is 0.0158. The lowest BCUT2D eigenvalue weighted by molar-refractivity contribution is -0.118. The van der Waals surface area contributed by atoms with Crippen molar-refractivity contribution < 1.29 is 4.79 Å². The summed E-state index contributed by atoms with van der Waals surface area (Å²) in [4.78, 5) is 17.0. The number of halogens is 1. The molecule has 4 rings (SSSR count). The number of aryl methyl sites for hydroxylation is 1. The van der Waals surface area contributed by atoms with Gasteiger partial charge in [0.05, 0.1) is 29.5 Å². The maximum absolute atomic E-state index is 12.3. The Hall–Kier alpha value is -3.09. The van der Waals surface area contributed by atoms with E-state index in [1.54, 1.807) is 6.21 Å². The molecule has 0 saturated heterocycles. The maximum atomic E-state index is 12.3. The zero-order valence-electron chi connectivity index (χ0n) is 17.0. The van der Waals surface area contributed by atoms with Gasteiger partial charge >= 0.3 is 0 Å². The van der Waals surface area contributed by atoms with Crippen molar-refractivity contribution in [1.29, 1.82) is 0 Å². The quantitative estimate of drug-likeness (QED) is 0.237. The molecule has 0 aliphatic heterocycles. The topological polar surface area (TPSA) is 59.3 Å². The minimum atomic E-state index is -0.190. The van der Waals surface area contributed by atoms with E-state index in [1.807, 2.05) is 79.7 Å². The Labute approximate surface area is 190 Å². The number of carbonyl (C=O) groups is 1. The van der Waals surface area contributed by atoms with E-state index in [1.165, 1.54) is 11.8 Å². The third-order valence-electron chi connectivity index (χ3n) is 4.68. The fourth-order valence-corrected chi connectivity index (χ4v) is 4.21. The van der Waals surface area contributed by atoms with Crippen LogP contribution in [-0.4, -0.2) is 27.4 Å². The molecule has 7 heteroatoms. The summed E-state index contributed by atoms with van der Waals surface area (Å²) < 4.78 is 2.09. The van der Waals surface area contributed by atoms with Crippen LogP contribution in [-0.2, 0) is 11.3 Å². The van der Waals surface area contributed by atoms with Crippen molar-refractivity contribution in [1.82, 2.24) is 15.0 Å². The number of nitrogens with zero attached hydrogens (tertiary/aromatic N) is 3. The van der Waals surface area contributed by atoms with Gasteiger partial charge in [-0.2, -0.15) is 5.10 Å². The number of carbonyl (C=O) groups excluding carboxylic acids is 1. The molecule has 0 unspecified atom stereocenters. The third kappa shape index (κ3) is 5.34. The zero-order valence-corrected chi connectivity index (χ0v) is 18.5. The second-order valence-corrected chi connectivity index (χ2v) is 8.41. The predicted molar refractivity (Wildman–Crippen MR) is 128 cm³/mol. The van der Waals surface area contributed by atoms with Gasteiger partial charge in [-0.1, -0.05) is 83.5 Å². The smallest absolute Gasteiger partial charge is 0.250 e. The van der Waals surface area contributed by atoms with Gasteiger partial charge in [0.15, 0.2) is 5.16 Å². The van der Waals surface area contributed by atoms with Crippen molar-refractivity contribution in [3.05, 3.63) is 94.5 Å². The number of rotatable bonds is 7. The standard InChI is InChI=1S/C24H21ClN4OS/c1-17-7-6-8-18(13-17)14-26-28-23(30)16-31-24-27-21-11-4-5-12-22(21)29(24)15-19-9-2-3-10-20(19)25/h2-14H,15-16H2,1H3,(H,28,30)/b26-14+. The molecule has 4 aromatic rings. The van der Waals surface area contributed by atoms with Crippen molar-refractivity contribution in [2.75, 3.05) is 5.75 Å². The zero-order chi connectivity index (χ0) is 21.6. The van der Waals surface area contributed by atoms with Gasteiger partial charge in [-0.25, -0.2) is 10.4 Å². The van der Waals surface area contributed by atoms with Crippen LogP contribution in [0.5, 0.6) is 0 Å². The molecule has 5 nitrogen and oxygen atoms in total. The van der Waals surface area contributed by atoms with E-state index in [0.717, 1.165) is 32.9 Å². The Balaban J connectivity index is 1.46. The SMILES string of the molecule is Cc1cccc(/C=N/NC(=O)CSc2nc3ccccc3n2Cc2ccccc2Cl)c1.